The van der Waals surface area contributed by atoms with E-state index in [0.717, 1.165) is 69.7 Å². The van der Waals surface area contributed by atoms with Crippen LogP contribution in [-0.2, 0) is 4.79 Å². The zero-order chi connectivity index (χ0) is 23.5. The number of carbonyl (C=O) groups is 1. The Balaban J connectivity index is 1.11. The molecule has 182 valence electrons. The summed E-state index contributed by atoms with van der Waals surface area (Å²) in [7, 11) is 1.72. The highest BCUT2D eigenvalue weighted by atomic mass is 16.5. The molecule has 0 N–H and O–H groups in total. The van der Waals surface area contributed by atoms with Gasteiger partial charge in [0.15, 0.2) is 0 Å². The second-order valence-electron chi connectivity index (χ2n) is 10.0. The molecular weight excluding hydrogens is 424 g/mol. The van der Waals surface area contributed by atoms with E-state index in [4.69, 9.17) is 4.74 Å². The zero-order valence-corrected chi connectivity index (χ0v) is 20.7. The second-order valence-corrected chi connectivity index (χ2v) is 10.0. The van der Waals surface area contributed by atoms with Crippen LogP contribution in [0.4, 0.5) is 5.69 Å². The first-order chi connectivity index (χ1) is 16.6. The molecule has 0 bridgehead atoms. The first-order valence-corrected chi connectivity index (χ1v) is 12.8. The summed E-state index contributed by atoms with van der Waals surface area (Å²) >= 11 is 0. The lowest BCUT2D eigenvalue weighted by Crippen LogP contribution is -2.56. The number of hydrogen-bond donors (Lipinski definition) is 0. The van der Waals surface area contributed by atoms with Crippen molar-refractivity contribution in [2.24, 2.45) is 0 Å². The number of nitrogens with zero attached hydrogens (tertiary/aromatic N) is 4. The average Bonchev–Trinajstić information content (AvgIpc) is 2.84. The minimum absolute atomic E-state index is 0.304. The Morgan fingerprint density at radius 3 is 2.24 bits per heavy atom. The van der Waals surface area contributed by atoms with Crippen LogP contribution in [0.15, 0.2) is 42.5 Å². The first kappa shape index (κ1) is 23.2. The molecule has 1 aliphatic carbocycles. The van der Waals surface area contributed by atoms with Crippen LogP contribution in [0.1, 0.15) is 24.8 Å². The highest BCUT2D eigenvalue weighted by Gasteiger charge is 2.30. The van der Waals surface area contributed by atoms with Crippen molar-refractivity contribution in [1.82, 2.24) is 14.7 Å². The van der Waals surface area contributed by atoms with E-state index in [1.807, 2.05) is 6.07 Å². The Hall–Kier alpha value is -2.57. The normalized spacial score (nSPS) is 20.3. The summed E-state index contributed by atoms with van der Waals surface area (Å²) < 4.78 is 5.56. The number of anilines is 1. The van der Waals surface area contributed by atoms with E-state index in [0.29, 0.717) is 12.5 Å². The van der Waals surface area contributed by atoms with Crippen molar-refractivity contribution < 1.29 is 9.53 Å². The lowest BCUT2D eigenvalue weighted by atomic mass is 9.91. The molecule has 0 radical (unpaired) electrons. The number of aryl methyl sites for hydroxylation is 1. The van der Waals surface area contributed by atoms with Gasteiger partial charge in [0.2, 0.25) is 5.91 Å². The van der Waals surface area contributed by atoms with Crippen LogP contribution in [0.2, 0.25) is 0 Å². The number of ether oxygens (including phenoxy) is 1. The molecule has 0 atom stereocenters. The number of amides is 1. The monoisotopic (exact) mass is 462 g/mol. The zero-order valence-electron chi connectivity index (χ0n) is 20.7. The molecule has 6 heteroatoms. The van der Waals surface area contributed by atoms with Crippen LogP contribution in [0.5, 0.6) is 5.75 Å². The third kappa shape index (κ3) is 5.08. The molecule has 3 fully saturated rings. The molecule has 34 heavy (non-hydrogen) atoms. The van der Waals surface area contributed by atoms with Gasteiger partial charge >= 0.3 is 0 Å². The van der Waals surface area contributed by atoms with Crippen LogP contribution < -0.4 is 9.64 Å². The van der Waals surface area contributed by atoms with Crippen molar-refractivity contribution in [2.75, 3.05) is 70.9 Å². The van der Waals surface area contributed by atoms with Gasteiger partial charge in [0.25, 0.3) is 0 Å². The molecule has 2 aromatic rings. The number of piperazine rings is 2. The lowest BCUT2D eigenvalue weighted by molar-refractivity contribution is -0.134. The highest BCUT2D eigenvalue weighted by molar-refractivity contribution is 5.78. The maximum absolute atomic E-state index is 12.9. The van der Waals surface area contributed by atoms with Crippen LogP contribution in [0, 0.1) is 6.92 Å². The SMILES string of the molecule is COc1ccc(C)cc1-c1ccc(N2CCN(CC(=O)N3CCN(C4CCC4)CC3)CC2)cc1. The molecule has 5 rings (SSSR count). The lowest BCUT2D eigenvalue weighted by Gasteiger charge is -2.43. The van der Waals surface area contributed by atoms with Gasteiger partial charge in [-0.05, 0) is 49.6 Å². The highest BCUT2D eigenvalue weighted by Crippen LogP contribution is 2.32. The quantitative estimate of drug-likeness (QED) is 0.657. The van der Waals surface area contributed by atoms with Crippen LogP contribution in [0.25, 0.3) is 11.1 Å². The van der Waals surface area contributed by atoms with Crippen LogP contribution >= 0.6 is 0 Å². The fourth-order valence-corrected chi connectivity index (χ4v) is 5.44. The van der Waals surface area contributed by atoms with Crippen molar-refractivity contribution in [3.63, 3.8) is 0 Å². The molecule has 1 saturated carbocycles. The van der Waals surface area contributed by atoms with Crippen molar-refractivity contribution in [2.45, 2.75) is 32.2 Å². The maximum atomic E-state index is 12.9. The number of hydrogen-bond acceptors (Lipinski definition) is 5. The minimum Gasteiger partial charge on any atom is -0.496 e. The third-order valence-corrected chi connectivity index (χ3v) is 7.89. The van der Waals surface area contributed by atoms with Crippen molar-refractivity contribution >= 4 is 11.6 Å². The molecule has 1 amide bonds. The Morgan fingerprint density at radius 1 is 0.912 bits per heavy atom. The van der Waals surface area contributed by atoms with Gasteiger partial charge in [-0.2, -0.15) is 0 Å². The van der Waals surface area contributed by atoms with E-state index in [1.165, 1.54) is 36.1 Å². The number of rotatable bonds is 6. The largest absolute Gasteiger partial charge is 0.496 e. The molecule has 2 aromatic carbocycles. The Bertz CT molecular complexity index is 972. The molecular formula is C28H38N4O2. The number of carbonyl (C=O) groups excluding carboxylic acids is 1. The summed E-state index contributed by atoms with van der Waals surface area (Å²) in [6.07, 6.45) is 4.07. The second kappa shape index (κ2) is 10.4. The fraction of sp³-hybridized carbons (Fsp3) is 0.536. The van der Waals surface area contributed by atoms with E-state index >= 15 is 0 Å². The van der Waals surface area contributed by atoms with Gasteiger partial charge in [-0.3, -0.25) is 14.6 Å². The van der Waals surface area contributed by atoms with E-state index in [9.17, 15) is 4.79 Å². The summed E-state index contributed by atoms with van der Waals surface area (Å²) in [6, 6.07) is 15.9. The summed E-state index contributed by atoms with van der Waals surface area (Å²) in [4.78, 5) is 22.3. The van der Waals surface area contributed by atoms with Crippen molar-refractivity contribution in [1.29, 1.82) is 0 Å². The van der Waals surface area contributed by atoms with Gasteiger partial charge in [-0.25, -0.2) is 0 Å². The van der Waals surface area contributed by atoms with Gasteiger partial charge in [0.1, 0.15) is 5.75 Å². The molecule has 3 aliphatic rings. The fourth-order valence-electron chi connectivity index (χ4n) is 5.44. The maximum Gasteiger partial charge on any atom is 0.236 e. The van der Waals surface area contributed by atoms with Crippen LogP contribution in [-0.4, -0.2) is 92.7 Å². The van der Waals surface area contributed by atoms with E-state index in [2.05, 4.69) is 62.9 Å². The van der Waals surface area contributed by atoms with Gasteiger partial charge in [-0.1, -0.05) is 30.2 Å². The van der Waals surface area contributed by atoms with Gasteiger partial charge < -0.3 is 14.5 Å². The van der Waals surface area contributed by atoms with Crippen molar-refractivity contribution in [3.8, 4) is 16.9 Å². The Morgan fingerprint density at radius 2 is 1.62 bits per heavy atom. The van der Waals surface area contributed by atoms with E-state index in [-0.39, 0.29) is 0 Å². The molecule has 2 saturated heterocycles. The molecule has 0 spiro atoms. The standard InChI is InChI=1S/C28H38N4O2/c1-22-6-11-27(34-2)26(20-22)23-7-9-25(10-8-23)30-14-12-29(13-15-30)21-28(33)32-18-16-31(17-19-32)24-4-3-5-24/h6-11,20,24H,3-5,12-19,21H2,1-2H3. The molecule has 0 unspecified atom stereocenters. The summed E-state index contributed by atoms with van der Waals surface area (Å²) in [6.45, 7) is 10.3. The smallest absolute Gasteiger partial charge is 0.236 e. The van der Waals surface area contributed by atoms with Gasteiger partial charge in [0, 0.05) is 69.7 Å². The van der Waals surface area contributed by atoms with Gasteiger partial charge in [0.05, 0.1) is 13.7 Å². The molecule has 6 nitrogen and oxygen atoms in total. The molecule has 2 aliphatic heterocycles. The predicted octanol–water partition coefficient (Wildman–Crippen LogP) is 3.49. The topological polar surface area (TPSA) is 39.3 Å². The number of benzene rings is 2. The molecule has 0 aromatic heterocycles. The average molecular weight is 463 g/mol. The van der Waals surface area contributed by atoms with E-state index in [1.54, 1.807) is 7.11 Å². The minimum atomic E-state index is 0.304. The van der Waals surface area contributed by atoms with E-state index < -0.39 is 0 Å². The number of methoxy groups -OCH3 is 1. The Labute approximate surface area is 204 Å². The summed E-state index contributed by atoms with van der Waals surface area (Å²) in [5.74, 6) is 1.21. The Kier molecular flexibility index (Phi) is 7.07. The van der Waals surface area contributed by atoms with Crippen molar-refractivity contribution in [3.05, 3.63) is 48.0 Å². The predicted molar refractivity (Wildman–Crippen MR) is 138 cm³/mol. The van der Waals surface area contributed by atoms with Gasteiger partial charge in [-0.15, -0.1) is 0 Å². The summed E-state index contributed by atoms with van der Waals surface area (Å²) in [5.41, 5.74) is 4.77. The van der Waals surface area contributed by atoms with Crippen LogP contribution in [0.3, 0.4) is 0 Å². The molecule has 2 heterocycles. The first-order valence-electron chi connectivity index (χ1n) is 12.8. The summed E-state index contributed by atoms with van der Waals surface area (Å²) in [5, 5.41) is 0. The third-order valence-electron chi connectivity index (χ3n) is 7.89.